The van der Waals surface area contributed by atoms with Gasteiger partial charge in [0.25, 0.3) is 0 Å². The predicted molar refractivity (Wildman–Crippen MR) is 101 cm³/mol. The van der Waals surface area contributed by atoms with Crippen molar-refractivity contribution in [1.82, 2.24) is 0 Å². The van der Waals surface area contributed by atoms with E-state index in [1.54, 1.807) is 0 Å². The Kier molecular flexibility index (Phi) is 20.5. The van der Waals surface area contributed by atoms with Gasteiger partial charge in [-0.1, -0.05) is 68.3 Å². The predicted octanol–water partition coefficient (Wildman–Crippen LogP) is 3.55. The van der Waals surface area contributed by atoms with Crippen LogP contribution in [0.4, 0.5) is 0 Å². The maximum absolute atomic E-state index is 3.57. The molecule has 22 heavy (non-hydrogen) atoms. The molecule has 0 bridgehead atoms. The van der Waals surface area contributed by atoms with Gasteiger partial charge >= 0.3 is 0 Å². The van der Waals surface area contributed by atoms with Gasteiger partial charge in [-0.25, -0.2) is 0 Å². The molecule has 0 N–H and O–H groups in total. The number of hydrogen-bond donors (Lipinski definition) is 0. The monoisotopic (exact) mass is 397 g/mol. The van der Waals surface area contributed by atoms with Crippen LogP contribution in [0.25, 0.3) is 0 Å². The quantitative estimate of drug-likeness (QED) is 0.212. The minimum absolute atomic E-state index is 0. The van der Waals surface area contributed by atoms with Gasteiger partial charge in [-0.15, -0.1) is 0 Å². The number of hydrogen-bond acceptors (Lipinski definition) is 0. The van der Waals surface area contributed by atoms with Gasteiger partial charge < -0.3 is 16.9 Å². The van der Waals surface area contributed by atoms with Crippen molar-refractivity contribution >= 4 is 15.9 Å². The van der Waals surface area contributed by atoms with Gasteiger partial charge in [0.05, 0.1) is 26.7 Å². The fourth-order valence-corrected chi connectivity index (χ4v) is 3.51. The highest BCUT2D eigenvalue weighted by Crippen LogP contribution is 2.14. The first kappa shape index (κ1) is 25.0. The zero-order valence-electron chi connectivity index (χ0n) is 15.5. The Bertz CT molecular complexity index is 214. The Morgan fingerprint density at radius 1 is 0.591 bits per heavy atom. The SMILES string of the molecule is CCCCCCCC[N+](C)(CCCCBr)CCCCCC.[Cl-]. The molecule has 0 saturated heterocycles. The van der Waals surface area contributed by atoms with Crippen LogP contribution in [0.5, 0.6) is 0 Å². The molecule has 0 heterocycles. The van der Waals surface area contributed by atoms with E-state index in [4.69, 9.17) is 0 Å². The zero-order chi connectivity index (χ0) is 15.8. The van der Waals surface area contributed by atoms with Crippen LogP contribution in [0.15, 0.2) is 0 Å². The minimum Gasteiger partial charge on any atom is -1.00 e. The maximum Gasteiger partial charge on any atom is 0.0784 e. The Balaban J connectivity index is 0. The lowest BCUT2D eigenvalue weighted by Crippen LogP contribution is -3.00. The first-order chi connectivity index (χ1) is 10.2. The lowest BCUT2D eigenvalue weighted by atomic mass is 10.1. The lowest BCUT2D eigenvalue weighted by molar-refractivity contribution is -0.910. The molecule has 0 radical (unpaired) electrons. The van der Waals surface area contributed by atoms with E-state index in [9.17, 15) is 0 Å². The summed E-state index contributed by atoms with van der Waals surface area (Å²) in [4.78, 5) is 0. The van der Waals surface area contributed by atoms with Crippen LogP contribution in [-0.4, -0.2) is 36.5 Å². The standard InChI is InChI=1S/C19H41BrN.ClH/c1-4-6-8-10-11-14-18-21(3,19-15-12-16-20)17-13-9-7-5-2;/h4-19H2,1-3H3;1H/q+1;/p-1. The van der Waals surface area contributed by atoms with E-state index in [0.717, 1.165) is 0 Å². The Morgan fingerprint density at radius 2 is 0.955 bits per heavy atom. The molecular weight excluding hydrogens is 358 g/mol. The molecule has 1 unspecified atom stereocenters. The second-order valence-electron chi connectivity index (χ2n) is 7.01. The van der Waals surface area contributed by atoms with Gasteiger partial charge in [-0.05, 0) is 38.5 Å². The second-order valence-corrected chi connectivity index (χ2v) is 7.81. The molecule has 0 spiro atoms. The summed E-state index contributed by atoms with van der Waals surface area (Å²) in [6.07, 6.45) is 16.9. The number of alkyl halides is 1. The zero-order valence-corrected chi connectivity index (χ0v) is 17.9. The highest BCUT2D eigenvalue weighted by molar-refractivity contribution is 9.09. The largest absolute Gasteiger partial charge is 1.00 e. The topological polar surface area (TPSA) is 0 Å². The van der Waals surface area contributed by atoms with Gasteiger partial charge in [-0.2, -0.15) is 0 Å². The molecule has 0 aliphatic carbocycles. The van der Waals surface area contributed by atoms with Crippen LogP contribution in [0.2, 0.25) is 0 Å². The third kappa shape index (κ3) is 15.6. The van der Waals surface area contributed by atoms with Crippen LogP contribution in [0.1, 0.15) is 90.9 Å². The summed E-state index contributed by atoms with van der Waals surface area (Å²) in [6, 6.07) is 0. The normalized spacial score (nSPS) is 13.6. The summed E-state index contributed by atoms with van der Waals surface area (Å²) < 4.78 is 1.32. The molecule has 1 atom stereocenters. The van der Waals surface area contributed by atoms with Crippen molar-refractivity contribution in [3.63, 3.8) is 0 Å². The molecule has 0 rings (SSSR count). The summed E-state index contributed by atoms with van der Waals surface area (Å²) in [5.74, 6) is 0. The van der Waals surface area contributed by atoms with Gasteiger partial charge in [0, 0.05) is 5.33 Å². The Labute approximate surface area is 155 Å². The highest BCUT2D eigenvalue weighted by Gasteiger charge is 2.19. The van der Waals surface area contributed by atoms with Crippen LogP contribution < -0.4 is 12.4 Å². The fourth-order valence-electron chi connectivity index (χ4n) is 3.12. The molecule has 0 amide bonds. The van der Waals surface area contributed by atoms with Crippen molar-refractivity contribution in [2.45, 2.75) is 90.9 Å². The van der Waals surface area contributed by atoms with Crippen LogP contribution >= 0.6 is 15.9 Å². The number of quaternary nitrogens is 1. The van der Waals surface area contributed by atoms with Gasteiger partial charge in [-0.3, -0.25) is 0 Å². The molecular formula is C19H41BrClN. The Hall–Kier alpha value is 0.730. The van der Waals surface area contributed by atoms with E-state index in [-0.39, 0.29) is 12.4 Å². The highest BCUT2D eigenvalue weighted by atomic mass is 79.9. The summed E-state index contributed by atoms with van der Waals surface area (Å²) in [5.41, 5.74) is 0. The van der Waals surface area contributed by atoms with Crippen molar-refractivity contribution in [3.8, 4) is 0 Å². The average molecular weight is 399 g/mol. The third-order valence-corrected chi connectivity index (χ3v) is 5.25. The first-order valence-corrected chi connectivity index (χ1v) is 10.7. The number of nitrogens with zero attached hydrogens (tertiary/aromatic N) is 1. The molecule has 0 aromatic rings. The minimum atomic E-state index is 0. The smallest absolute Gasteiger partial charge is 0.0784 e. The van der Waals surface area contributed by atoms with Crippen LogP contribution in [0, 0.1) is 0 Å². The molecule has 0 aliphatic rings. The molecule has 0 saturated carbocycles. The van der Waals surface area contributed by atoms with E-state index >= 15 is 0 Å². The van der Waals surface area contributed by atoms with E-state index in [0.29, 0.717) is 0 Å². The van der Waals surface area contributed by atoms with Crippen molar-refractivity contribution < 1.29 is 16.9 Å². The van der Waals surface area contributed by atoms with Crippen molar-refractivity contribution in [3.05, 3.63) is 0 Å². The molecule has 0 aliphatic heterocycles. The average Bonchev–Trinajstić information content (AvgIpc) is 2.48. The van der Waals surface area contributed by atoms with Crippen LogP contribution in [-0.2, 0) is 0 Å². The number of halogens is 2. The first-order valence-electron chi connectivity index (χ1n) is 9.58. The molecule has 136 valence electrons. The molecule has 0 fully saturated rings. The van der Waals surface area contributed by atoms with E-state index in [1.807, 2.05) is 0 Å². The Morgan fingerprint density at radius 3 is 1.41 bits per heavy atom. The van der Waals surface area contributed by atoms with Crippen molar-refractivity contribution in [2.75, 3.05) is 32.0 Å². The van der Waals surface area contributed by atoms with Crippen molar-refractivity contribution in [1.29, 1.82) is 0 Å². The molecule has 0 aromatic heterocycles. The molecule has 0 aromatic carbocycles. The van der Waals surface area contributed by atoms with Crippen molar-refractivity contribution in [2.24, 2.45) is 0 Å². The summed E-state index contributed by atoms with van der Waals surface area (Å²) in [6.45, 7) is 8.79. The van der Waals surface area contributed by atoms with E-state index in [1.165, 1.54) is 106 Å². The lowest BCUT2D eigenvalue weighted by Gasteiger charge is -2.35. The maximum atomic E-state index is 3.57. The molecule has 1 nitrogen and oxygen atoms in total. The summed E-state index contributed by atoms with van der Waals surface area (Å²) in [5, 5.41) is 1.17. The molecule has 3 heteroatoms. The van der Waals surface area contributed by atoms with Crippen LogP contribution in [0.3, 0.4) is 0 Å². The van der Waals surface area contributed by atoms with E-state index < -0.39 is 0 Å². The fraction of sp³-hybridized carbons (Fsp3) is 1.00. The number of rotatable bonds is 16. The summed E-state index contributed by atoms with van der Waals surface area (Å²) >= 11 is 3.57. The number of unbranched alkanes of at least 4 members (excludes halogenated alkanes) is 9. The van der Waals surface area contributed by atoms with Gasteiger partial charge in [0.15, 0.2) is 0 Å². The second kappa shape index (κ2) is 18.1. The third-order valence-electron chi connectivity index (χ3n) is 4.68. The van der Waals surface area contributed by atoms with E-state index in [2.05, 4.69) is 36.8 Å². The summed E-state index contributed by atoms with van der Waals surface area (Å²) in [7, 11) is 2.51. The van der Waals surface area contributed by atoms with Gasteiger partial charge in [0.1, 0.15) is 0 Å². The van der Waals surface area contributed by atoms with Gasteiger partial charge in [0.2, 0.25) is 0 Å².